The van der Waals surface area contributed by atoms with Gasteiger partial charge in [-0.25, -0.2) is 0 Å². The Morgan fingerprint density at radius 3 is 2.25 bits per heavy atom. The molecule has 0 heterocycles. The Kier molecular flexibility index (Phi) is 4.97. The minimum atomic E-state index is 0.402. The zero-order chi connectivity index (χ0) is 12.1. The molecule has 2 N–H and O–H groups in total. The molecule has 0 saturated carbocycles. The lowest BCUT2D eigenvalue weighted by Gasteiger charge is -2.20. The Morgan fingerprint density at radius 1 is 1.06 bits per heavy atom. The number of rotatable bonds is 5. The first-order chi connectivity index (χ1) is 7.60. The van der Waals surface area contributed by atoms with Crippen LogP contribution in [0.4, 0.5) is 0 Å². The van der Waals surface area contributed by atoms with Gasteiger partial charge in [-0.2, -0.15) is 0 Å². The fourth-order valence-electron chi connectivity index (χ4n) is 2.01. The highest BCUT2D eigenvalue weighted by atomic mass is 15.0. The Labute approximate surface area is 99.5 Å². The topological polar surface area (TPSA) is 24.1 Å². The third kappa shape index (κ3) is 3.06. The first-order valence-electron chi connectivity index (χ1n) is 6.05. The molecule has 2 heteroatoms. The van der Waals surface area contributed by atoms with Gasteiger partial charge in [-0.1, -0.05) is 19.1 Å². The van der Waals surface area contributed by atoms with Crippen LogP contribution in [0.1, 0.15) is 35.2 Å². The molecule has 0 radical (unpaired) electrons. The van der Waals surface area contributed by atoms with Crippen molar-refractivity contribution in [3.05, 3.63) is 34.4 Å². The first kappa shape index (κ1) is 13.2. The second-order valence-corrected chi connectivity index (χ2v) is 4.44. The SMILES string of the molecule is CCNCC(NC)c1cc(C)c(C)cc1C. The third-order valence-electron chi connectivity index (χ3n) is 3.20. The molecule has 1 aromatic carbocycles. The molecule has 1 aromatic rings. The summed E-state index contributed by atoms with van der Waals surface area (Å²) < 4.78 is 0. The molecule has 0 amide bonds. The molecular formula is C14H24N2. The number of hydrogen-bond donors (Lipinski definition) is 2. The number of aryl methyl sites for hydroxylation is 3. The second kappa shape index (κ2) is 6.02. The van der Waals surface area contributed by atoms with Crippen LogP contribution < -0.4 is 10.6 Å². The molecule has 2 nitrogen and oxygen atoms in total. The maximum absolute atomic E-state index is 3.40. The van der Waals surface area contributed by atoms with Crippen molar-refractivity contribution in [2.45, 2.75) is 33.7 Å². The number of likely N-dealkylation sites (N-methyl/N-ethyl adjacent to an activating group) is 2. The van der Waals surface area contributed by atoms with E-state index in [2.05, 4.69) is 50.5 Å². The van der Waals surface area contributed by atoms with Gasteiger partial charge in [0.25, 0.3) is 0 Å². The summed E-state index contributed by atoms with van der Waals surface area (Å²) >= 11 is 0. The maximum atomic E-state index is 3.40. The highest BCUT2D eigenvalue weighted by Gasteiger charge is 2.12. The average molecular weight is 220 g/mol. The summed E-state index contributed by atoms with van der Waals surface area (Å²) in [4.78, 5) is 0. The van der Waals surface area contributed by atoms with E-state index >= 15 is 0 Å². The first-order valence-corrected chi connectivity index (χ1v) is 6.05. The quantitative estimate of drug-likeness (QED) is 0.796. The number of benzene rings is 1. The third-order valence-corrected chi connectivity index (χ3v) is 3.20. The van der Waals surface area contributed by atoms with Crippen molar-refractivity contribution in [1.82, 2.24) is 10.6 Å². The molecule has 0 aromatic heterocycles. The van der Waals surface area contributed by atoms with Gasteiger partial charge in [0, 0.05) is 12.6 Å². The minimum absolute atomic E-state index is 0.402. The average Bonchev–Trinajstić information content (AvgIpc) is 2.26. The lowest BCUT2D eigenvalue weighted by Crippen LogP contribution is -2.30. The Balaban J connectivity index is 2.95. The van der Waals surface area contributed by atoms with Crippen LogP contribution in [-0.2, 0) is 0 Å². The van der Waals surface area contributed by atoms with E-state index in [-0.39, 0.29) is 0 Å². The van der Waals surface area contributed by atoms with Crippen LogP contribution in [0.2, 0.25) is 0 Å². The van der Waals surface area contributed by atoms with Gasteiger partial charge < -0.3 is 10.6 Å². The zero-order valence-corrected chi connectivity index (χ0v) is 11.1. The van der Waals surface area contributed by atoms with Crippen molar-refractivity contribution in [3.8, 4) is 0 Å². The molecule has 1 atom stereocenters. The van der Waals surface area contributed by atoms with Crippen molar-refractivity contribution < 1.29 is 0 Å². The van der Waals surface area contributed by atoms with Crippen LogP contribution in [0.5, 0.6) is 0 Å². The molecule has 0 spiro atoms. The Morgan fingerprint density at radius 2 is 1.69 bits per heavy atom. The van der Waals surface area contributed by atoms with Crippen LogP contribution in [0.3, 0.4) is 0 Å². The zero-order valence-electron chi connectivity index (χ0n) is 11.1. The maximum Gasteiger partial charge on any atom is 0.0447 e. The Bertz CT molecular complexity index is 345. The van der Waals surface area contributed by atoms with Gasteiger partial charge in [0.1, 0.15) is 0 Å². The van der Waals surface area contributed by atoms with E-state index in [1.165, 1.54) is 22.3 Å². The smallest absolute Gasteiger partial charge is 0.0447 e. The van der Waals surface area contributed by atoms with Gasteiger partial charge in [0.05, 0.1) is 0 Å². The van der Waals surface area contributed by atoms with Crippen molar-refractivity contribution in [2.24, 2.45) is 0 Å². The van der Waals surface area contributed by atoms with Gasteiger partial charge in [-0.15, -0.1) is 0 Å². The Hall–Kier alpha value is -0.860. The molecule has 1 unspecified atom stereocenters. The normalized spacial score (nSPS) is 12.8. The van der Waals surface area contributed by atoms with Gasteiger partial charge in [0.15, 0.2) is 0 Å². The van der Waals surface area contributed by atoms with Crippen molar-refractivity contribution >= 4 is 0 Å². The second-order valence-electron chi connectivity index (χ2n) is 4.44. The predicted molar refractivity (Wildman–Crippen MR) is 71.0 cm³/mol. The van der Waals surface area contributed by atoms with Crippen LogP contribution in [0.25, 0.3) is 0 Å². The van der Waals surface area contributed by atoms with Crippen LogP contribution in [0, 0.1) is 20.8 Å². The highest BCUT2D eigenvalue weighted by Crippen LogP contribution is 2.21. The fourth-order valence-corrected chi connectivity index (χ4v) is 2.01. The summed E-state index contributed by atoms with van der Waals surface area (Å²) in [6, 6.07) is 4.99. The summed E-state index contributed by atoms with van der Waals surface area (Å²) in [7, 11) is 2.02. The lowest BCUT2D eigenvalue weighted by atomic mass is 9.96. The highest BCUT2D eigenvalue weighted by molar-refractivity contribution is 5.38. The summed E-state index contributed by atoms with van der Waals surface area (Å²) in [6.45, 7) is 10.7. The molecule has 90 valence electrons. The predicted octanol–water partition coefficient (Wildman–Crippen LogP) is 2.48. The van der Waals surface area contributed by atoms with Crippen LogP contribution in [-0.4, -0.2) is 20.1 Å². The summed E-state index contributed by atoms with van der Waals surface area (Å²) in [6.07, 6.45) is 0. The van der Waals surface area contributed by atoms with E-state index in [4.69, 9.17) is 0 Å². The van der Waals surface area contributed by atoms with Crippen molar-refractivity contribution in [1.29, 1.82) is 0 Å². The van der Waals surface area contributed by atoms with E-state index in [9.17, 15) is 0 Å². The largest absolute Gasteiger partial charge is 0.315 e. The van der Waals surface area contributed by atoms with E-state index in [1.54, 1.807) is 0 Å². The van der Waals surface area contributed by atoms with Gasteiger partial charge in [-0.3, -0.25) is 0 Å². The monoisotopic (exact) mass is 220 g/mol. The van der Waals surface area contributed by atoms with E-state index in [0.717, 1.165) is 13.1 Å². The van der Waals surface area contributed by atoms with Gasteiger partial charge in [-0.05, 0) is 56.6 Å². The summed E-state index contributed by atoms with van der Waals surface area (Å²) in [5, 5.41) is 6.77. The standard InChI is InChI=1S/C14H24N2/c1-6-16-9-14(15-5)13-8-11(3)10(2)7-12(13)4/h7-8,14-16H,6,9H2,1-5H3. The van der Waals surface area contributed by atoms with E-state index < -0.39 is 0 Å². The van der Waals surface area contributed by atoms with Gasteiger partial charge >= 0.3 is 0 Å². The minimum Gasteiger partial charge on any atom is -0.315 e. The molecule has 0 aliphatic rings. The van der Waals surface area contributed by atoms with Crippen LogP contribution in [0.15, 0.2) is 12.1 Å². The molecule has 0 fully saturated rings. The molecular weight excluding hydrogens is 196 g/mol. The van der Waals surface area contributed by atoms with Crippen molar-refractivity contribution in [2.75, 3.05) is 20.1 Å². The molecule has 0 saturated heterocycles. The fraction of sp³-hybridized carbons (Fsp3) is 0.571. The van der Waals surface area contributed by atoms with Gasteiger partial charge in [0.2, 0.25) is 0 Å². The molecule has 1 rings (SSSR count). The molecule has 0 aliphatic carbocycles. The van der Waals surface area contributed by atoms with Crippen LogP contribution >= 0.6 is 0 Å². The molecule has 0 bridgehead atoms. The lowest BCUT2D eigenvalue weighted by molar-refractivity contribution is 0.536. The summed E-state index contributed by atoms with van der Waals surface area (Å²) in [5.74, 6) is 0. The van der Waals surface area contributed by atoms with E-state index in [0.29, 0.717) is 6.04 Å². The van der Waals surface area contributed by atoms with E-state index in [1.807, 2.05) is 7.05 Å². The molecule has 0 aliphatic heterocycles. The summed E-state index contributed by atoms with van der Waals surface area (Å²) in [5.41, 5.74) is 5.53. The number of nitrogens with one attached hydrogen (secondary N) is 2. The number of hydrogen-bond acceptors (Lipinski definition) is 2. The molecule has 16 heavy (non-hydrogen) atoms. The van der Waals surface area contributed by atoms with Crippen molar-refractivity contribution in [3.63, 3.8) is 0 Å².